The Morgan fingerprint density at radius 2 is 1.61 bits per heavy atom. The van der Waals surface area contributed by atoms with Gasteiger partial charge in [0.15, 0.2) is 0 Å². The first kappa shape index (κ1) is 10.4. The number of rotatable bonds is 0. The first-order valence-corrected chi connectivity index (χ1v) is 5.48. The fourth-order valence-electron chi connectivity index (χ4n) is 2.21. The topological polar surface area (TPSA) is 88.7 Å². The third-order valence-electron chi connectivity index (χ3n) is 3.08. The molecule has 4 nitrogen and oxygen atoms in total. The molecule has 1 heterocycles. The van der Waals surface area contributed by atoms with E-state index >= 15 is 0 Å². The van der Waals surface area contributed by atoms with Crippen LogP contribution in [0, 0.1) is 11.3 Å². The highest BCUT2D eigenvalue weighted by Crippen LogP contribution is 2.51. The van der Waals surface area contributed by atoms with Gasteiger partial charge in [0.1, 0.15) is 5.82 Å². The van der Waals surface area contributed by atoms with Crippen molar-refractivity contribution in [3.63, 3.8) is 0 Å². The molecule has 0 amide bonds. The molecule has 0 saturated carbocycles. The van der Waals surface area contributed by atoms with Crippen LogP contribution in [0.2, 0.25) is 0 Å². The molecule has 86 valence electrons. The second kappa shape index (κ2) is 3.60. The van der Waals surface area contributed by atoms with E-state index in [1.54, 1.807) is 24.4 Å². The van der Waals surface area contributed by atoms with Gasteiger partial charge < -0.3 is 11.5 Å². The number of hydrogen-bond acceptors (Lipinski definition) is 4. The first-order valence-electron chi connectivity index (χ1n) is 5.48. The second-order valence-electron chi connectivity index (χ2n) is 4.10. The third-order valence-corrected chi connectivity index (χ3v) is 3.08. The van der Waals surface area contributed by atoms with E-state index in [4.69, 9.17) is 16.7 Å². The van der Waals surface area contributed by atoms with Gasteiger partial charge in [0.2, 0.25) is 0 Å². The van der Waals surface area contributed by atoms with Gasteiger partial charge in [-0.3, -0.25) is 0 Å². The van der Waals surface area contributed by atoms with Crippen LogP contribution in [0.15, 0.2) is 36.5 Å². The zero-order valence-electron chi connectivity index (χ0n) is 9.51. The molecule has 0 aromatic carbocycles. The first-order chi connectivity index (χ1) is 8.72. The number of nitrogens with two attached hydrogens (primary N) is 2. The largest absolute Gasteiger partial charge is 0.398 e. The Labute approximate surface area is 104 Å². The van der Waals surface area contributed by atoms with Gasteiger partial charge in [0.05, 0.1) is 11.6 Å². The molecule has 2 aliphatic carbocycles. The molecular weight excluding hydrogens is 224 g/mol. The van der Waals surface area contributed by atoms with Crippen molar-refractivity contribution in [3.8, 4) is 28.3 Å². The highest BCUT2D eigenvalue weighted by molar-refractivity contribution is 6.10. The summed E-state index contributed by atoms with van der Waals surface area (Å²) in [4.78, 5) is 4.11. The Balaban J connectivity index is 2.42. The summed E-state index contributed by atoms with van der Waals surface area (Å²) >= 11 is 0. The van der Waals surface area contributed by atoms with Gasteiger partial charge in [-0.2, -0.15) is 5.26 Å². The fraction of sp³-hybridized carbons (Fsp3) is 0. The second-order valence-corrected chi connectivity index (χ2v) is 4.10. The fourth-order valence-corrected chi connectivity index (χ4v) is 2.21. The molecule has 0 fully saturated rings. The van der Waals surface area contributed by atoms with E-state index in [0.29, 0.717) is 17.1 Å². The molecular formula is C14H10N4. The number of nitriles is 1. The molecule has 0 unspecified atom stereocenters. The van der Waals surface area contributed by atoms with Crippen LogP contribution >= 0.6 is 0 Å². The molecule has 3 aliphatic rings. The number of aromatic nitrogens is 1. The van der Waals surface area contributed by atoms with E-state index in [0.717, 1.165) is 22.3 Å². The lowest BCUT2D eigenvalue weighted by Crippen LogP contribution is -2.02. The molecule has 18 heavy (non-hydrogen) atoms. The van der Waals surface area contributed by atoms with E-state index in [1.807, 2.05) is 12.1 Å². The summed E-state index contributed by atoms with van der Waals surface area (Å²) in [6.45, 7) is 0. The normalized spacial score (nSPS) is 10.6. The predicted molar refractivity (Wildman–Crippen MR) is 71.0 cm³/mol. The molecule has 3 rings (SSSR count). The average Bonchev–Trinajstić information content (AvgIpc) is 2.56. The van der Waals surface area contributed by atoms with Gasteiger partial charge in [0.25, 0.3) is 0 Å². The van der Waals surface area contributed by atoms with Crippen molar-refractivity contribution in [2.75, 3.05) is 11.5 Å². The Morgan fingerprint density at radius 1 is 0.944 bits per heavy atom. The van der Waals surface area contributed by atoms with E-state index < -0.39 is 0 Å². The van der Waals surface area contributed by atoms with Crippen LogP contribution in [-0.2, 0) is 0 Å². The van der Waals surface area contributed by atoms with Gasteiger partial charge in [-0.1, -0.05) is 12.1 Å². The van der Waals surface area contributed by atoms with Gasteiger partial charge >= 0.3 is 0 Å². The minimum atomic E-state index is 0.457. The number of nitrogen functional groups attached to an aromatic ring is 2. The summed E-state index contributed by atoms with van der Waals surface area (Å²) in [6, 6.07) is 11.2. The Bertz CT molecular complexity index is 674. The van der Waals surface area contributed by atoms with E-state index in [2.05, 4.69) is 11.1 Å². The van der Waals surface area contributed by atoms with Crippen molar-refractivity contribution in [1.82, 2.24) is 4.98 Å². The lowest BCUT2D eigenvalue weighted by atomic mass is 9.82. The minimum Gasteiger partial charge on any atom is -0.398 e. The lowest BCUT2D eigenvalue weighted by molar-refractivity contribution is 1.37. The number of anilines is 2. The van der Waals surface area contributed by atoms with Crippen LogP contribution in [0.1, 0.15) is 5.56 Å². The summed E-state index contributed by atoms with van der Waals surface area (Å²) in [5, 5.41) is 8.91. The number of fused-ring (bicyclic) bond motifs is 4. The maximum Gasteiger partial charge on any atom is 0.131 e. The molecule has 0 bridgehead atoms. The predicted octanol–water partition coefficient (Wildman–Crippen LogP) is 2.33. The van der Waals surface area contributed by atoms with E-state index in [9.17, 15) is 0 Å². The van der Waals surface area contributed by atoms with Crippen LogP contribution in [-0.4, -0.2) is 4.98 Å². The smallest absolute Gasteiger partial charge is 0.131 e. The molecule has 0 spiro atoms. The maximum atomic E-state index is 8.91. The molecule has 1 aliphatic heterocycles. The monoisotopic (exact) mass is 234 g/mol. The maximum absolute atomic E-state index is 8.91. The Hall–Kier alpha value is -2.80. The molecule has 0 radical (unpaired) electrons. The zero-order valence-corrected chi connectivity index (χ0v) is 9.51. The Morgan fingerprint density at radius 3 is 2.28 bits per heavy atom. The van der Waals surface area contributed by atoms with Crippen molar-refractivity contribution in [1.29, 1.82) is 5.26 Å². The van der Waals surface area contributed by atoms with E-state index in [-0.39, 0.29) is 0 Å². The SMILES string of the molecule is N#Cc1ccc2c3c(N)ccnc(N)c-3c-2cc1. The quantitative estimate of drug-likeness (QED) is 0.624. The van der Waals surface area contributed by atoms with Crippen molar-refractivity contribution in [3.05, 3.63) is 42.1 Å². The average molecular weight is 234 g/mol. The molecule has 4 heteroatoms. The van der Waals surface area contributed by atoms with Gasteiger partial charge in [-0.05, 0) is 29.3 Å². The highest BCUT2D eigenvalue weighted by Gasteiger charge is 2.25. The summed E-state index contributed by atoms with van der Waals surface area (Å²) in [5.41, 5.74) is 16.9. The molecule has 0 atom stereocenters. The van der Waals surface area contributed by atoms with Gasteiger partial charge in [0, 0.05) is 23.0 Å². The lowest BCUT2D eigenvalue weighted by Gasteiger charge is -2.22. The van der Waals surface area contributed by atoms with Crippen molar-refractivity contribution >= 4 is 11.5 Å². The van der Waals surface area contributed by atoms with Crippen LogP contribution < -0.4 is 11.5 Å². The number of nitrogens with zero attached hydrogens (tertiary/aromatic N) is 2. The molecule has 4 N–H and O–H groups in total. The van der Waals surface area contributed by atoms with Crippen molar-refractivity contribution < 1.29 is 0 Å². The highest BCUT2D eigenvalue weighted by atomic mass is 14.8. The Kier molecular flexibility index (Phi) is 2.07. The van der Waals surface area contributed by atoms with Crippen LogP contribution in [0.25, 0.3) is 22.3 Å². The summed E-state index contributed by atoms with van der Waals surface area (Å²) in [7, 11) is 0. The standard InChI is InChI=1S/C14H10N4/c15-7-8-1-3-9-10(4-2-8)13-12(9)11(16)5-6-18-14(13)17/h1-6H,16H2,(H2,17,18). The van der Waals surface area contributed by atoms with Gasteiger partial charge in [-0.25, -0.2) is 4.98 Å². The number of hydrogen-bond donors (Lipinski definition) is 2. The van der Waals surface area contributed by atoms with Crippen LogP contribution in [0.4, 0.5) is 11.5 Å². The van der Waals surface area contributed by atoms with Crippen molar-refractivity contribution in [2.24, 2.45) is 0 Å². The minimum absolute atomic E-state index is 0.457. The molecule has 0 aromatic heterocycles. The molecule has 0 saturated heterocycles. The van der Waals surface area contributed by atoms with E-state index in [1.165, 1.54) is 0 Å². The summed E-state index contributed by atoms with van der Waals surface area (Å²) in [6.07, 6.45) is 1.60. The van der Waals surface area contributed by atoms with Crippen LogP contribution in [0.3, 0.4) is 0 Å². The summed E-state index contributed by atoms with van der Waals surface area (Å²) in [5.74, 6) is 0.457. The zero-order chi connectivity index (χ0) is 12.7. The summed E-state index contributed by atoms with van der Waals surface area (Å²) < 4.78 is 0. The van der Waals surface area contributed by atoms with Crippen molar-refractivity contribution in [2.45, 2.75) is 0 Å². The van der Waals surface area contributed by atoms with Crippen LogP contribution in [0.5, 0.6) is 0 Å². The third kappa shape index (κ3) is 1.28. The van der Waals surface area contributed by atoms with Gasteiger partial charge in [-0.15, -0.1) is 0 Å². The molecule has 0 aromatic rings.